The average molecular weight is 124 g/mol. The zero-order valence-electron chi connectivity index (χ0n) is 5.14. The molecule has 9 heavy (non-hydrogen) atoms. The van der Waals surface area contributed by atoms with Crippen LogP contribution in [-0.4, -0.2) is 10.8 Å². The Balaban J connectivity index is 2.98. The maximum absolute atomic E-state index is 10.6. The number of carbonyl (C=O) groups is 1. The lowest BCUT2D eigenvalue weighted by Crippen LogP contribution is -1.86. The Morgan fingerprint density at radius 3 is 2.67 bits per heavy atom. The smallest absolute Gasteiger partial charge is 0.161 e. The molecule has 1 rings (SSSR count). The second-order valence-corrected chi connectivity index (χ2v) is 1.90. The van der Waals surface area contributed by atoms with E-state index in [1.807, 2.05) is 0 Å². The van der Waals surface area contributed by atoms with Gasteiger partial charge in [0.25, 0.3) is 0 Å². The van der Waals surface area contributed by atoms with Crippen molar-refractivity contribution in [3.05, 3.63) is 17.8 Å². The fraction of sp³-hybridized carbons (Fsp3) is 0.167. The monoisotopic (exact) mass is 124 g/mol. The van der Waals surface area contributed by atoms with Crippen LogP contribution in [0.2, 0.25) is 0 Å². The number of hydrogen-bond acceptors (Lipinski definition) is 2. The number of nitrogens with one attached hydrogen (secondary N) is 1. The van der Waals surface area contributed by atoms with Gasteiger partial charge in [0.15, 0.2) is 5.78 Å². The number of hydrogen-bond donors (Lipinski definition) is 2. The van der Waals surface area contributed by atoms with E-state index < -0.39 is 0 Å². The van der Waals surface area contributed by atoms with Gasteiger partial charge in [0.05, 0.1) is 0 Å². The van der Waals surface area contributed by atoms with Crippen LogP contribution in [0.3, 0.4) is 0 Å². The van der Waals surface area contributed by atoms with Crippen molar-refractivity contribution in [1.82, 2.24) is 4.98 Å². The van der Waals surface area contributed by atoms with Gasteiger partial charge in [0.2, 0.25) is 0 Å². The number of nitrogens with two attached hydrogens (primary N) is 1. The first-order valence-corrected chi connectivity index (χ1v) is 2.65. The molecule has 0 aliphatic carbocycles. The summed E-state index contributed by atoms with van der Waals surface area (Å²) in [4.78, 5) is 13.3. The largest absolute Gasteiger partial charge is 0.385 e. The molecule has 3 N–H and O–H groups in total. The molecule has 0 atom stereocenters. The molecule has 0 radical (unpaired) electrons. The minimum absolute atomic E-state index is 0.0305. The molecule has 1 heterocycles. The third kappa shape index (κ3) is 1.10. The summed E-state index contributed by atoms with van der Waals surface area (Å²) in [7, 11) is 0. The number of Topliss-reactive ketones (excluding diaryl/α,β-unsaturated/α-hetero) is 1. The maximum atomic E-state index is 10.6. The molecule has 0 aliphatic rings. The quantitative estimate of drug-likeness (QED) is 0.544. The number of H-pyrrole nitrogens is 1. The zero-order valence-corrected chi connectivity index (χ0v) is 5.14. The van der Waals surface area contributed by atoms with Gasteiger partial charge in [-0.1, -0.05) is 0 Å². The van der Waals surface area contributed by atoms with Crippen molar-refractivity contribution in [3.8, 4) is 0 Å². The molecule has 48 valence electrons. The number of ketones is 1. The van der Waals surface area contributed by atoms with Crippen LogP contribution in [-0.2, 0) is 0 Å². The molecule has 0 aliphatic heterocycles. The summed E-state index contributed by atoms with van der Waals surface area (Å²) in [6.45, 7) is 1.50. The van der Waals surface area contributed by atoms with Gasteiger partial charge >= 0.3 is 0 Å². The minimum Gasteiger partial charge on any atom is -0.385 e. The van der Waals surface area contributed by atoms with Gasteiger partial charge in [-0.05, 0) is 13.0 Å². The first-order chi connectivity index (χ1) is 4.20. The third-order valence-corrected chi connectivity index (χ3v) is 1.11. The van der Waals surface area contributed by atoms with Crippen molar-refractivity contribution in [2.24, 2.45) is 0 Å². The van der Waals surface area contributed by atoms with E-state index in [1.165, 1.54) is 6.92 Å². The van der Waals surface area contributed by atoms with Crippen molar-refractivity contribution in [2.75, 3.05) is 5.73 Å². The van der Waals surface area contributed by atoms with E-state index in [-0.39, 0.29) is 5.78 Å². The molecule has 0 saturated carbocycles. The van der Waals surface area contributed by atoms with E-state index in [0.29, 0.717) is 11.4 Å². The van der Waals surface area contributed by atoms with Crippen LogP contribution < -0.4 is 5.73 Å². The van der Waals surface area contributed by atoms with E-state index >= 15 is 0 Å². The van der Waals surface area contributed by atoms with Crippen molar-refractivity contribution >= 4 is 11.6 Å². The summed E-state index contributed by atoms with van der Waals surface area (Å²) >= 11 is 0. The summed E-state index contributed by atoms with van der Waals surface area (Å²) < 4.78 is 0. The van der Waals surface area contributed by atoms with Crippen LogP contribution >= 0.6 is 0 Å². The lowest BCUT2D eigenvalue weighted by Gasteiger charge is -1.80. The Morgan fingerprint density at radius 2 is 2.44 bits per heavy atom. The molecule has 0 aromatic carbocycles. The fourth-order valence-electron chi connectivity index (χ4n) is 0.615. The second-order valence-electron chi connectivity index (χ2n) is 1.90. The van der Waals surface area contributed by atoms with Crippen molar-refractivity contribution in [1.29, 1.82) is 0 Å². The van der Waals surface area contributed by atoms with Crippen LogP contribution in [0.4, 0.5) is 5.82 Å². The molecule has 0 amide bonds. The van der Waals surface area contributed by atoms with Gasteiger partial charge in [-0.2, -0.15) is 0 Å². The SMILES string of the molecule is CC(=O)c1c[nH]c(N)c1. The Hall–Kier alpha value is -1.25. The minimum atomic E-state index is 0.0305. The standard InChI is InChI=1S/C6H8N2O/c1-4(9)5-2-6(7)8-3-5/h2-3,8H,7H2,1H3. The zero-order chi connectivity index (χ0) is 6.85. The van der Waals surface area contributed by atoms with Crippen LogP contribution in [0.25, 0.3) is 0 Å². The summed E-state index contributed by atoms with van der Waals surface area (Å²) in [5.41, 5.74) is 5.94. The van der Waals surface area contributed by atoms with Gasteiger partial charge < -0.3 is 10.7 Å². The van der Waals surface area contributed by atoms with Gasteiger partial charge in [-0.3, -0.25) is 4.79 Å². The van der Waals surface area contributed by atoms with Crippen molar-refractivity contribution in [3.63, 3.8) is 0 Å². The predicted molar refractivity (Wildman–Crippen MR) is 35.2 cm³/mol. The highest BCUT2D eigenvalue weighted by molar-refractivity contribution is 5.94. The van der Waals surface area contributed by atoms with Gasteiger partial charge in [0.1, 0.15) is 5.82 Å². The van der Waals surface area contributed by atoms with E-state index in [9.17, 15) is 4.79 Å². The number of carbonyl (C=O) groups excluding carboxylic acids is 1. The van der Waals surface area contributed by atoms with Crippen molar-refractivity contribution < 1.29 is 4.79 Å². The number of nitrogen functional groups attached to an aromatic ring is 1. The molecule has 0 spiro atoms. The van der Waals surface area contributed by atoms with Crippen LogP contribution in [0, 0.1) is 0 Å². The summed E-state index contributed by atoms with van der Waals surface area (Å²) in [6, 6.07) is 1.61. The highest BCUT2D eigenvalue weighted by Crippen LogP contribution is 2.03. The molecular weight excluding hydrogens is 116 g/mol. The van der Waals surface area contributed by atoms with Gasteiger partial charge in [-0.25, -0.2) is 0 Å². The molecule has 3 heteroatoms. The molecule has 1 aromatic heterocycles. The Labute approximate surface area is 52.9 Å². The first-order valence-electron chi connectivity index (χ1n) is 2.65. The van der Waals surface area contributed by atoms with E-state index in [1.54, 1.807) is 12.3 Å². The fourth-order valence-corrected chi connectivity index (χ4v) is 0.615. The van der Waals surface area contributed by atoms with Crippen molar-refractivity contribution in [2.45, 2.75) is 6.92 Å². The Kier molecular flexibility index (Phi) is 1.26. The molecule has 0 saturated heterocycles. The lowest BCUT2D eigenvalue weighted by atomic mass is 10.2. The maximum Gasteiger partial charge on any atom is 0.161 e. The predicted octanol–water partition coefficient (Wildman–Crippen LogP) is 0.800. The normalized spacial score (nSPS) is 9.44. The summed E-state index contributed by atoms with van der Waals surface area (Å²) in [5, 5.41) is 0. The molecule has 1 aromatic rings. The van der Waals surface area contributed by atoms with E-state index in [0.717, 1.165) is 0 Å². The molecule has 0 fully saturated rings. The first kappa shape index (κ1) is 5.88. The van der Waals surface area contributed by atoms with E-state index in [2.05, 4.69) is 4.98 Å². The average Bonchev–Trinajstić information content (AvgIpc) is 2.14. The number of aromatic nitrogens is 1. The number of anilines is 1. The summed E-state index contributed by atoms with van der Waals surface area (Å²) in [6.07, 6.45) is 1.59. The molecular formula is C6H8N2O. The highest BCUT2D eigenvalue weighted by atomic mass is 16.1. The highest BCUT2D eigenvalue weighted by Gasteiger charge is 1.98. The van der Waals surface area contributed by atoms with Crippen LogP contribution in [0.1, 0.15) is 17.3 Å². The second kappa shape index (κ2) is 1.93. The van der Waals surface area contributed by atoms with Crippen LogP contribution in [0.5, 0.6) is 0 Å². The number of aromatic amines is 1. The van der Waals surface area contributed by atoms with Crippen LogP contribution in [0.15, 0.2) is 12.3 Å². The summed E-state index contributed by atoms with van der Waals surface area (Å²) in [5.74, 6) is 0.558. The van der Waals surface area contributed by atoms with Gasteiger partial charge in [0, 0.05) is 11.8 Å². The Bertz CT molecular complexity index is 227. The number of rotatable bonds is 1. The molecule has 3 nitrogen and oxygen atoms in total. The Morgan fingerprint density at radius 1 is 1.78 bits per heavy atom. The molecule has 0 unspecified atom stereocenters. The van der Waals surface area contributed by atoms with Gasteiger partial charge in [-0.15, -0.1) is 0 Å². The van der Waals surface area contributed by atoms with E-state index in [4.69, 9.17) is 5.73 Å². The third-order valence-electron chi connectivity index (χ3n) is 1.11. The lowest BCUT2D eigenvalue weighted by molar-refractivity contribution is 0.101. The topological polar surface area (TPSA) is 58.9 Å². The molecule has 0 bridgehead atoms.